The van der Waals surface area contributed by atoms with Crippen LogP contribution in [0.15, 0.2) is 30.3 Å². The maximum Gasteiger partial charge on any atom is 0.237 e. The van der Waals surface area contributed by atoms with Crippen LogP contribution in [0.25, 0.3) is 0 Å². The largest absolute Gasteiger partial charge is 0.353 e. The van der Waals surface area contributed by atoms with Gasteiger partial charge in [-0.2, -0.15) is 0 Å². The van der Waals surface area contributed by atoms with Gasteiger partial charge in [0.05, 0.1) is 12.5 Å². The minimum absolute atomic E-state index is 0.0405. The second-order valence-electron chi connectivity index (χ2n) is 8.23. The minimum atomic E-state index is -0.0405. The summed E-state index contributed by atoms with van der Waals surface area (Å²) in [6.07, 6.45) is 5.20. The summed E-state index contributed by atoms with van der Waals surface area (Å²) in [6.45, 7) is 7.03. The summed E-state index contributed by atoms with van der Waals surface area (Å²) in [4.78, 5) is 29.7. The number of rotatable bonds is 6. The Bertz CT molecular complexity index is 618. The number of amides is 2. The molecule has 2 fully saturated rings. The van der Waals surface area contributed by atoms with Crippen molar-refractivity contribution in [2.75, 3.05) is 26.2 Å². The molecule has 0 radical (unpaired) electrons. The van der Waals surface area contributed by atoms with Crippen molar-refractivity contribution in [2.45, 2.75) is 58.0 Å². The van der Waals surface area contributed by atoms with Crippen molar-refractivity contribution in [3.63, 3.8) is 0 Å². The van der Waals surface area contributed by atoms with Crippen molar-refractivity contribution < 1.29 is 9.59 Å². The first kappa shape index (κ1) is 19.9. The van der Waals surface area contributed by atoms with E-state index in [0.29, 0.717) is 25.4 Å². The quantitative estimate of drug-likeness (QED) is 0.836. The van der Waals surface area contributed by atoms with E-state index in [4.69, 9.17) is 0 Å². The fourth-order valence-electron chi connectivity index (χ4n) is 4.45. The molecule has 27 heavy (non-hydrogen) atoms. The van der Waals surface area contributed by atoms with E-state index in [1.165, 1.54) is 12.8 Å². The Labute approximate surface area is 163 Å². The highest BCUT2D eigenvalue weighted by atomic mass is 16.2. The van der Waals surface area contributed by atoms with Crippen LogP contribution in [-0.2, 0) is 16.0 Å². The Hall–Kier alpha value is -1.88. The van der Waals surface area contributed by atoms with E-state index < -0.39 is 0 Å². The molecule has 1 heterocycles. The molecule has 5 heteroatoms. The van der Waals surface area contributed by atoms with Crippen LogP contribution < -0.4 is 5.32 Å². The summed E-state index contributed by atoms with van der Waals surface area (Å²) in [5.74, 6) is 0.807. The summed E-state index contributed by atoms with van der Waals surface area (Å²) in [7, 11) is 0. The molecule has 0 spiro atoms. The second kappa shape index (κ2) is 9.36. The Kier molecular flexibility index (Phi) is 6.89. The minimum Gasteiger partial charge on any atom is -0.353 e. The van der Waals surface area contributed by atoms with Gasteiger partial charge in [-0.3, -0.25) is 14.5 Å². The van der Waals surface area contributed by atoms with Crippen LogP contribution in [0.4, 0.5) is 0 Å². The molecule has 3 rings (SSSR count). The van der Waals surface area contributed by atoms with Gasteiger partial charge in [0.1, 0.15) is 0 Å². The summed E-state index contributed by atoms with van der Waals surface area (Å²) in [5, 5.41) is 3.12. The van der Waals surface area contributed by atoms with Gasteiger partial charge in [0, 0.05) is 32.2 Å². The van der Waals surface area contributed by atoms with Gasteiger partial charge < -0.3 is 10.2 Å². The summed E-state index contributed by atoms with van der Waals surface area (Å²) >= 11 is 0. The standard InChI is InChI=1S/C22H33N3O2/c1-17(2)23-22(27)21(19-10-6-7-11-19)25-14-12-24(13-15-25)20(26)16-18-8-4-3-5-9-18/h3-5,8-9,17,19,21H,6-7,10-16H2,1-2H3,(H,23,27). The number of carbonyl (C=O) groups excluding carboxylic acids is 2. The number of piperazine rings is 1. The first-order chi connectivity index (χ1) is 13.0. The van der Waals surface area contributed by atoms with Crippen molar-refractivity contribution in [3.8, 4) is 0 Å². The predicted molar refractivity (Wildman–Crippen MR) is 107 cm³/mol. The van der Waals surface area contributed by atoms with E-state index in [1.54, 1.807) is 0 Å². The molecule has 2 aliphatic rings. The molecule has 1 aromatic carbocycles. The molecule has 1 aliphatic heterocycles. The molecular formula is C22H33N3O2. The van der Waals surface area contributed by atoms with Gasteiger partial charge in [0.15, 0.2) is 0 Å². The third-order valence-corrected chi connectivity index (χ3v) is 5.80. The number of carbonyl (C=O) groups is 2. The molecule has 1 atom stereocenters. The lowest BCUT2D eigenvalue weighted by Gasteiger charge is -2.41. The zero-order chi connectivity index (χ0) is 19.2. The monoisotopic (exact) mass is 371 g/mol. The Morgan fingerprint density at radius 2 is 1.67 bits per heavy atom. The van der Waals surface area contributed by atoms with E-state index >= 15 is 0 Å². The van der Waals surface area contributed by atoms with E-state index in [1.807, 2.05) is 49.1 Å². The van der Waals surface area contributed by atoms with Crippen LogP contribution in [0.2, 0.25) is 0 Å². The van der Waals surface area contributed by atoms with Gasteiger partial charge in [-0.15, -0.1) is 0 Å². The molecule has 1 unspecified atom stereocenters. The Morgan fingerprint density at radius 1 is 1.04 bits per heavy atom. The van der Waals surface area contributed by atoms with Gasteiger partial charge >= 0.3 is 0 Å². The second-order valence-corrected chi connectivity index (χ2v) is 8.23. The highest BCUT2D eigenvalue weighted by molar-refractivity contribution is 5.82. The molecule has 2 amide bonds. The lowest BCUT2D eigenvalue weighted by atomic mass is 9.94. The number of nitrogens with one attached hydrogen (secondary N) is 1. The van der Waals surface area contributed by atoms with Crippen LogP contribution in [0.1, 0.15) is 45.1 Å². The highest BCUT2D eigenvalue weighted by Gasteiger charge is 2.37. The van der Waals surface area contributed by atoms with E-state index in [2.05, 4.69) is 10.2 Å². The van der Waals surface area contributed by atoms with Crippen LogP contribution in [0.3, 0.4) is 0 Å². The topological polar surface area (TPSA) is 52.7 Å². The fraction of sp³-hybridized carbons (Fsp3) is 0.636. The van der Waals surface area contributed by atoms with Gasteiger partial charge in [0.25, 0.3) is 0 Å². The van der Waals surface area contributed by atoms with E-state index in [9.17, 15) is 9.59 Å². The number of hydrogen-bond acceptors (Lipinski definition) is 3. The number of nitrogens with zero attached hydrogens (tertiary/aromatic N) is 2. The summed E-state index contributed by atoms with van der Waals surface area (Å²) in [5.41, 5.74) is 1.06. The molecule has 148 valence electrons. The molecule has 1 saturated carbocycles. The van der Waals surface area contributed by atoms with Gasteiger partial charge in [-0.05, 0) is 38.2 Å². The number of hydrogen-bond donors (Lipinski definition) is 1. The average Bonchev–Trinajstić information content (AvgIpc) is 3.17. The Balaban J connectivity index is 1.58. The van der Waals surface area contributed by atoms with Gasteiger partial charge in [-0.1, -0.05) is 43.2 Å². The van der Waals surface area contributed by atoms with Crippen molar-refractivity contribution in [3.05, 3.63) is 35.9 Å². The van der Waals surface area contributed by atoms with E-state index in [-0.39, 0.29) is 23.9 Å². The van der Waals surface area contributed by atoms with Crippen LogP contribution in [0, 0.1) is 5.92 Å². The van der Waals surface area contributed by atoms with Gasteiger partial charge in [0.2, 0.25) is 11.8 Å². The smallest absolute Gasteiger partial charge is 0.237 e. The maximum atomic E-state index is 12.9. The molecule has 1 saturated heterocycles. The molecular weight excluding hydrogens is 338 g/mol. The van der Waals surface area contributed by atoms with E-state index in [0.717, 1.165) is 31.5 Å². The third kappa shape index (κ3) is 5.32. The van der Waals surface area contributed by atoms with Crippen molar-refractivity contribution in [1.29, 1.82) is 0 Å². The third-order valence-electron chi connectivity index (χ3n) is 5.80. The lowest BCUT2D eigenvalue weighted by Crippen LogP contribution is -2.58. The van der Waals surface area contributed by atoms with Gasteiger partial charge in [-0.25, -0.2) is 0 Å². The normalized spacial score (nSPS) is 20.0. The molecule has 0 aromatic heterocycles. The van der Waals surface area contributed by atoms with Crippen molar-refractivity contribution in [2.24, 2.45) is 5.92 Å². The SMILES string of the molecule is CC(C)NC(=O)C(C1CCCC1)N1CCN(C(=O)Cc2ccccc2)CC1. The summed E-state index contributed by atoms with van der Waals surface area (Å²) < 4.78 is 0. The maximum absolute atomic E-state index is 12.9. The zero-order valence-electron chi connectivity index (χ0n) is 16.7. The molecule has 1 aromatic rings. The summed E-state index contributed by atoms with van der Waals surface area (Å²) in [6, 6.07) is 10.0. The Morgan fingerprint density at radius 3 is 2.26 bits per heavy atom. The predicted octanol–water partition coefficient (Wildman–Crippen LogP) is 2.46. The van der Waals surface area contributed by atoms with Crippen LogP contribution in [-0.4, -0.2) is 59.9 Å². The van der Waals surface area contributed by atoms with Crippen molar-refractivity contribution >= 4 is 11.8 Å². The lowest BCUT2D eigenvalue weighted by molar-refractivity contribution is -0.135. The molecule has 0 bridgehead atoms. The molecule has 1 aliphatic carbocycles. The fourth-order valence-corrected chi connectivity index (χ4v) is 4.45. The van der Waals surface area contributed by atoms with Crippen molar-refractivity contribution in [1.82, 2.24) is 15.1 Å². The van der Waals surface area contributed by atoms with Crippen LogP contribution >= 0.6 is 0 Å². The molecule has 5 nitrogen and oxygen atoms in total. The van der Waals surface area contributed by atoms with Crippen LogP contribution in [0.5, 0.6) is 0 Å². The molecule has 1 N–H and O–H groups in total. The first-order valence-corrected chi connectivity index (χ1v) is 10.4. The highest BCUT2D eigenvalue weighted by Crippen LogP contribution is 2.31. The first-order valence-electron chi connectivity index (χ1n) is 10.4. The number of benzene rings is 1. The zero-order valence-corrected chi connectivity index (χ0v) is 16.7. The average molecular weight is 372 g/mol.